The lowest BCUT2D eigenvalue weighted by Crippen LogP contribution is -2.45. The number of likely N-dealkylation sites (N-methyl/N-ethyl adjacent to an activating group) is 1. The van der Waals surface area contributed by atoms with E-state index >= 15 is 0 Å². The van der Waals surface area contributed by atoms with Crippen LogP contribution in [0.2, 0.25) is 0 Å². The molecule has 0 aromatic carbocycles. The molecule has 4 nitrogen and oxygen atoms in total. The van der Waals surface area contributed by atoms with Crippen LogP contribution in [0.4, 0.5) is 0 Å². The minimum atomic E-state index is -0.492. The van der Waals surface area contributed by atoms with Crippen LogP contribution in [0.5, 0.6) is 0 Å². The summed E-state index contributed by atoms with van der Waals surface area (Å²) in [5.41, 5.74) is 5.36. The molecule has 0 aliphatic heterocycles. The summed E-state index contributed by atoms with van der Waals surface area (Å²) >= 11 is 0. The number of nitrogens with zero attached hydrogens (tertiary/aromatic N) is 1. The Labute approximate surface area is 67.0 Å². The lowest BCUT2D eigenvalue weighted by atomic mass is 10.2. The van der Waals surface area contributed by atoms with Gasteiger partial charge in [-0.3, -0.25) is 4.79 Å². The van der Waals surface area contributed by atoms with Crippen LogP contribution in [0.25, 0.3) is 0 Å². The fraction of sp³-hybridized carbons (Fsp3) is 0.857. The second-order valence-electron chi connectivity index (χ2n) is 2.77. The van der Waals surface area contributed by atoms with Gasteiger partial charge in [-0.2, -0.15) is 0 Å². The molecule has 1 amide bonds. The highest BCUT2D eigenvalue weighted by Crippen LogP contribution is 1.96. The van der Waals surface area contributed by atoms with Crippen molar-refractivity contribution in [3.63, 3.8) is 0 Å². The molecule has 0 aromatic heterocycles. The Morgan fingerprint density at radius 1 is 1.64 bits per heavy atom. The number of hydrogen-bond acceptors (Lipinski definition) is 3. The second kappa shape index (κ2) is 4.31. The average Bonchev–Trinajstić information content (AvgIpc) is 2.00. The number of nitrogens with two attached hydrogens (primary N) is 1. The highest BCUT2D eigenvalue weighted by atomic mass is 16.3. The third-order valence-corrected chi connectivity index (χ3v) is 1.66. The zero-order chi connectivity index (χ0) is 9.02. The summed E-state index contributed by atoms with van der Waals surface area (Å²) in [6, 6.07) is -0.650. The zero-order valence-electron chi connectivity index (χ0n) is 7.24. The topological polar surface area (TPSA) is 66.6 Å². The van der Waals surface area contributed by atoms with Crippen molar-refractivity contribution in [3.05, 3.63) is 0 Å². The Bertz CT molecular complexity index is 136. The van der Waals surface area contributed by atoms with Gasteiger partial charge in [0.2, 0.25) is 5.91 Å². The number of carbonyl (C=O) groups is 1. The van der Waals surface area contributed by atoms with Gasteiger partial charge in [0.05, 0.1) is 18.7 Å². The van der Waals surface area contributed by atoms with E-state index in [0.29, 0.717) is 0 Å². The smallest absolute Gasteiger partial charge is 0.239 e. The summed E-state index contributed by atoms with van der Waals surface area (Å²) in [5.74, 6) is -0.147. The predicted octanol–water partition coefficient (Wildman–Crippen LogP) is -0.827. The molecule has 0 aromatic rings. The van der Waals surface area contributed by atoms with Gasteiger partial charge in [0.1, 0.15) is 0 Å². The largest absolute Gasteiger partial charge is 0.394 e. The Hall–Kier alpha value is -0.610. The first-order valence-corrected chi connectivity index (χ1v) is 3.63. The first-order chi connectivity index (χ1) is 5.00. The molecule has 0 saturated heterocycles. The molecule has 0 spiro atoms. The third-order valence-electron chi connectivity index (χ3n) is 1.66. The quantitative estimate of drug-likeness (QED) is 0.566. The second-order valence-corrected chi connectivity index (χ2v) is 2.77. The van der Waals surface area contributed by atoms with Crippen molar-refractivity contribution < 1.29 is 9.90 Å². The summed E-state index contributed by atoms with van der Waals surface area (Å²) < 4.78 is 0. The van der Waals surface area contributed by atoms with Gasteiger partial charge in [0, 0.05) is 7.05 Å². The number of aliphatic hydroxyl groups is 1. The van der Waals surface area contributed by atoms with Crippen LogP contribution < -0.4 is 5.73 Å². The molecular formula is C7H16N2O2. The fourth-order valence-electron chi connectivity index (χ4n) is 0.661. The van der Waals surface area contributed by atoms with Gasteiger partial charge in [-0.25, -0.2) is 0 Å². The van der Waals surface area contributed by atoms with Gasteiger partial charge >= 0.3 is 0 Å². The molecule has 3 N–H and O–H groups in total. The van der Waals surface area contributed by atoms with Gasteiger partial charge in [0.15, 0.2) is 0 Å². The summed E-state index contributed by atoms with van der Waals surface area (Å²) in [5, 5.41) is 8.70. The maximum absolute atomic E-state index is 11.1. The molecule has 0 radical (unpaired) electrons. The minimum Gasteiger partial charge on any atom is -0.394 e. The number of amides is 1. The van der Waals surface area contributed by atoms with E-state index in [0.717, 1.165) is 0 Å². The molecular weight excluding hydrogens is 144 g/mol. The molecule has 0 rings (SSSR count). The molecule has 0 bridgehead atoms. The molecule has 0 saturated carbocycles. The molecule has 0 heterocycles. The first-order valence-electron chi connectivity index (χ1n) is 3.63. The van der Waals surface area contributed by atoms with Crippen molar-refractivity contribution in [2.45, 2.75) is 25.9 Å². The van der Waals surface area contributed by atoms with E-state index in [4.69, 9.17) is 10.8 Å². The van der Waals surface area contributed by atoms with Crippen LogP contribution in [0.3, 0.4) is 0 Å². The van der Waals surface area contributed by atoms with E-state index < -0.39 is 6.04 Å². The van der Waals surface area contributed by atoms with Crippen molar-refractivity contribution in [1.29, 1.82) is 0 Å². The molecule has 11 heavy (non-hydrogen) atoms. The van der Waals surface area contributed by atoms with Crippen LogP contribution in [0, 0.1) is 0 Å². The summed E-state index contributed by atoms with van der Waals surface area (Å²) in [7, 11) is 1.63. The summed E-state index contributed by atoms with van der Waals surface area (Å²) in [6.45, 7) is 3.36. The van der Waals surface area contributed by atoms with E-state index in [1.165, 1.54) is 4.90 Å². The number of rotatable bonds is 3. The molecule has 4 heteroatoms. The monoisotopic (exact) mass is 160 g/mol. The Morgan fingerprint density at radius 3 is 2.36 bits per heavy atom. The Morgan fingerprint density at radius 2 is 2.09 bits per heavy atom. The van der Waals surface area contributed by atoms with Crippen molar-refractivity contribution in [1.82, 2.24) is 4.90 Å². The third kappa shape index (κ3) is 2.86. The normalized spacial score (nSPS) is 15.7. The van der Waals surface area contributed by atoms with Gasteiger partial charge < -0.3 is 15.7 Å². The van der Waals surface area contributed by atoms with E-state index in [2.05, 4.69) is 0 Å². The predicted molar refractivity (Wildman–Crippen MR) is 43.0 cm³/mol. The summed E-state index contributed by atoms with van der Waals surface area (Å²) in [6.07, 6.45) is 0. The van der Waals surface area contributed by atoms with Crippen molar-refractivity contribution in [2.24, 2.45) is 5.73 Å². The number of hydrogen-bond donors (Lipinski definition) is 2. The zero-order valence-corrected chi connectivity index (χ0v) is 7.24. The lowest BCUT2D eigenvalue weighted by Gasteiger charge is -2.24. The van der Waals surface area contributed by atoms with E-state index in [9.17, 15) is 4.79 Å². The van der Waals surface area contributed by atoms with Gasteiger partial charge in [-0.1, -0.05) is 0 Å². The van der Waals surface area contributed by atoms with Crippen LogP contribution in [-0.4, -0.2) is 41.7 Å². The van der Waals surface area contributed by atoms with E-state index in [1.54, 1.807) is 20.9 Å². The maximum atomic E-state index is 11.1. The molecule has 2 atom stereocenters. The highest BCUT2D eigenvalue weighted by Gasteiger charge is 2.17. The minimum absolute atomic E-state index is 0.0328. The van der Waals surface area contributed by atoms with Crippen LogP contribution in [-0.2, 0) is 4.79 Å². The van der Waals surface area contributed by atoms with Crippen LogP contribution in [0.15, 0.2) is 0 Å². The molecule has 0 aliphatic rings. The van der Waals surface area contributed by atoms with Crippen molar-refractivity contribution >= 4 is 5.91 Å². The Balaban J connectivity index is 4.02. The fourth-order valence-corrected chi connectivity index (χ4v) is 0.661. The molecule has 1 unspecified atom stereocenters. The van der Waals surface area contributed by atoms with E-state index in [-0.39, 0.29) is 18.6 Å². The van der Waals surface area contributed by atoms with Gasteiger partial charge in [-0.15, -0.1) is 0 Å². The average molecular weight is 160 g/mol. The summed E-state index contributed by atoms with van der Waals surface area (Å²) in [4.78, 5) is 12.6. The van der Waals surface area contributed by atoms with Crippen LogP contribution >= 0.6 is 0 Å². The number of carbonyl (C=O) groups excluding carboxylic acids is 1. The number of aliphatic hydroxyl groups excluding tert-OH is 1. The van der Waals surface area contributed by atoms with E-state index in [1.807, 2.05) is 0 Å². The highest BCUT2D eigenvalue weighted by molar-refractivity contribution is 5.81. The van der Waals surface area contributed by atoms with Crippen molar-refractivity contribution in [2.75, 3.05) is 13.7 Å². The SMILES string of the molecule is CC(CO)N(C)C(=O)[C@@H](C)N. The van der Waals surface area contributed by atoms with Crippen molar-refractivity contribution in [3.8, 4) is 0 Å². The molecule has 66 valence electrons. The standard InChI is InChI=1S/C7H16N2O2/c1-5(4-10)9(3)7(11)6(2)8/h5-6,10H,4,8H2,1-3H3/t5?,6-/m1/s1. The van der Waals surface area contributed by atoms with Crippen LogP contribution in [0.1, 0.15) is 13.8 Å². The first kappa shape index (κ1) is 10.4. The lowest BCUT2D eigenvalue weighted by molar-refractivity contribution is -0.133. The Kier molecular flexibility index (Phi) is 4.07. The molecule has 0 fully saturated rings. The maximum Gasteiger partial charge on any atom is 0.239 e. The van der Waals surface area contributed by atoms with Gasteiger partial charge in [0.25, 0.3) is 0 Å². The van der Waals surface area contributed by atoms with Gasteiger partial charge in [-0.05, 0) is 13.8 Å². The molecule has 0 aliphatic carbocycles.